The molecule has 0 aliphatic heterocycles. The number of benzene rings is 3. The van der Waals surface area contributed by atoms with E-state index in [1.54, 1.807) is 60.7 Å². The molecule has 0 bridgehead atoms. The zero-order valence-corrected chi connectivity index (χ0v) is 20.6. The van der Waals surface area contributed by atoms with Crippen molar-refractivity contribution in [1.82, 2.24) is 4.98 Å². The van der Waals surface area contributed by atoms with Gasteiger partial charge in [-0.05, 0) is 42.2 Å². The smallest absolute Gasteiger partial charge is 0.341 e. The molecule has 0 saturated heterocycles. The lowest BCUT2D eigenvalue weighted by Gasteiger charge is -2.18. The number of aromatic nitrogens is 1. The molecule has 1 N–H and O–H groups in total. The molecule has 0 saturated carbocycles. The van der Waals surface area contributed by atoms with E-state index in [0.29, 0.717) is 41.0 Å². The highest BCUT2D eigenvalue weighted by Crippen LogP contribution is 2.44. The minimum absolute atomic E-state index is 0.0235. The number of rotatable bonds is 7. The summed E-state index contributed by atoms with van der Waals surface area (Å²) < 4.78 is 33.6. The first kappa shape index (κ1) is 23.7. The molecule has 1 aliphatic rings. The van der Waals surface area contributed by atoms with Gasteiger partial charge in [0.1, 0.15) is 11.0 Å². The minimum atomic E-state index is -3.94. The summed E-state index contributed by atoms with van der Waals surface area (Å²) in [6.07, 6.45) is 1.17. The summed E-state index contributed by atoms with van der Waals surface area (Å²) >= 11 is 1.17. The predicted molar refractivity (Wildman–Crippen MR) is 135 cm³/mol. The fourth-order valence-corrected chi connectivity index (χ4v) is 7.71. The first-order chi connectivity index (χ1) is 17.4. The maximum atomic E-state index is 14.1. The SMILES string of the molecule is N#Cc1ccc(C(c2ccccc2)S(=O)(=O)c2nc3c(s2)CCc2c(OCC(=O)O)cccc2-3)cc1. The van der Waals surface area contributed by atoms with E-state index in [4.69, 9.17) is 15.1 Å². The third kappa shape index (κ3) is 4.37. The zero-order valence-electron chi connectivity index (χ0n) is 18.9. The Bertz CT molecular complexity index is 1590. The average Bonchev–Trinajstić information content (AvgIpc) is 3.34. The fraction of sp³-hybridized carbons (Fsp3) is 0.148. The number of hydrogen-bond donors (Lipinski definition) is 1. The first-order valence-corrected chi connectivity index (χ1v) is 13.5. The highest BCUT2D eigenvalue weighted by atomic mass is 32.2. The Morgan fingerprint density at radius 1 is 1.03 bits per heavy atom. The van der Waals surface area contributed by atoms with Crippen molar-refractivity contribution in [3.63, 3.8) is 0 Å². The number of aliphatic carboxylic acids is 1. The minimum Gasteiger partial charge on any atom is -0.482 e. The highest BCUT2D eigenvalue weighted by molar-refractivity contribution is 7.93. The van der Waals surface area contributed by atoms with Crippen molar-refractivity contribution < 1.29 is 23.1 Å². The van der Waals surface area contributed by atoms with Gasteiger partial charge in [-0.15, -0.1) is 11.3 Å². The number of thiazole rings is 1. The van der Waals surface area contributed by atoms with Crippen molar-refractivity contribution >= 4 is 27.1 Å². The van der Waals surface area contributed by atoms with Gasteiger partial charge in [-0.2, -0.15) is 5.26 Å². The molecule has 1 heterocycles. The number of carbonyl (C=O) groups is 1. The highest BCUT2D eigenvalue weighted by Gasteiger charge is 2.35. The summed E-state index contributed by atoms with van der Waals surface area (Å²) in [5.41, 5.74) is 3.79. The third-order valence-corrected chi connectivity index (χ3v) is 9.62. The molecule has 180 valence electrons. The van der Waals surface area contributed by atoms with Crippen LogP contribution >= 0.6 is 11.3 Å². The summed E-state index contributed by atoms with van der Waals surface area (Å²) in [7, 11) is -3.94. The van der Waals surface area contributed by atoms with E-state index in [-0.39, 0.29) is 4.34 Å². The molecule has 0 fully saturated rings. The van der Waals surface area contributed by atoms with Crippen LogP contribution in [0.5, 0.6) is 5.75 Å². The van der Waals surface area contributed by atoms with Gasteiger partial charge in [0.2, 0.25) is 14.2 Å². The van der Waals surface area contributed by atoms with E-state index in [9.17, 15) is 13.2 Å². The van der Waals surface area contributed by atoms with Gasteiger partial charge < -0.3 is 9.84 Å². The van der Waals surface area contributed by atoms with Crippen molar-refractivity contribution in [2.24, 2.45) is 0 Å². The largest absolute Gasteiger partial charge is 0.482 e. The molecule has 1 atom stereocenters. The van der Waals surface area contributed by atoms with Crippen molar-refractivity contribution in [3.05, 3.63) is 99.9 Å². The van der Waals surface area contributed by atoms with Crippen molar-refractivity contribution in [3.8, 4) is 23.1 Å². The Labute approximate surface area is 212 Å². The molecule has 0 radical (unpaired) electrons. The lowest BCUT2D eigenvalue weighted by molar-refractivity contribution is -0.139. The second-order valence-corrected chi connectivity index (χ2v) is 11.6. The molecular weight excluding hydrogens is 496 g/mol. The normalized spacial score (nSPS) is 13.2. The Morgan fingerprint density at radius 3 is 2.44 bits per heavy atom. The van der Waals surface area contributed by atoms with Crippen LogP contribution < -0.4 is 4.74 Å². The van der Waals surface area contributed by atoms with Gasteiger partial charge in [0, 0.05) is 16.0 Å². The molecule has 7 nitrogen and oxygen atoms in total. The topological polar surface area (TPSA) is 117 Å². The molecule has 1 unspecified atom stereocenters. The number of sulfone groups is 1. The van der Waals surface area contributed by atoms with Gasteiger partial charge in [-0.3, -0.25) is 0 Å². The fourth-order valence-electron chi connectivity index (χ4n) is 4.40. The third-order valence-electron chi connectivity index (χ3n) is 6.02. The van der Waals surface area contributed by atoms with Crippen molar-refractivity contribution in [1.29, 1.82) is 5.26 Å². The Hall–Kier alpha value is -4.00. The molecule has 36 heavy (non-hydrogen) atoms. The summed E-state index contributed by atoms with van der Waals surface area (Å²) in [6, 6.07) is 22.9. The van der Waals surface area contributed by atoms with Gasteiger partial charge in [0.05, 0.1) is 17.3 Å². The molecule has 1 aromatic heterocycles. The van der Waals surface area contributed by atoms with E-state index in [1.807, 2.05) is 12.1 Å². The van der Waals surface area contributed by atoms with Gasteiger partial charge >= 0.3 is 5.97 Å². The van der Waals surface area contributed by atoms with E-state index in [1.165, 1.54) is 11.3 Å². The summed E-state index contributed by atoms with van der Waals surface area (Å²) in [6.45, 7) is -0.455. The molecular formula is C27H20N2O5S2. The van der Waals surface area contributed by atoms with Crippen LogP contribution in [0.25, 0.3) is 11.3 Å². The quantitative estimate of drug-likeness (QED) is 0.375. The standard InChI is InChI=1S/C27H20N2O5S2/c28-15-17-9-11-19(12-10-17)26(18-5-2-1-3-6-18)36(32,33)27-29-25-21-7-4-8-22(34-16-24(30)31)20(21)13-14-23(25)35-27/h1-12,26H,13-14,16H2,(H,30,31). The van der Waals surface area contributed by atoms with Crippen LogP contribution in [-0.4, -0.2) is 31.1 Å². The van der Waals surface area contributed by atoms with Crippen LogP contribution in [0.3, 0.4) is 0 Å². The number of fused-ring (bicyclic) bond motifs is 3. The second-order valence-electron chi connectivity index (χ2n) is 8.29. The Balaban J connectivity index is 1.59. The molecule has 1 aliphatic carbocycles. The molecule has 3 aromatic carbocycles. The first-order valence-electron chi connectivity index (χ1n) is 11.1. The summed E-state index contributed by atoms with van der Waals surface area (Å²) in [5.74, 6) is -0.599. The van der Waals surface area contributed by atoms with Crippen LogP contribution in [0.4, 0.5) is 0 Å². The molecule has 9 heteroatoms. The van der Waals surface area contributed by atoms with Crippen LogP contribution in [0.2, 0.25) is 0 Å². The number of hydrogen-bond acceptors (Lipinski definition) is 7. The number of ether oxygens (including phenoxy) is 1. The average molecular weight is 517 g/mol. The number of nitrogens with zero attached hydrogens (tertiary/aromatic N) is 2. The van der Waals surface area contributed by atoms with E-state index < -0.39 is 27.7 Å². The predicted octanol–water partition coefficient (Wildman–Crippen LogP) is 4.81. The zero-order chi connectivity index (χ0) is 25.3. The number of carboxylic acids is 1. The maximum absolute atomic E-state index is 14.1. The Kier molecular flexibility index (Phi) is 6.31. The van der Waals surface area contributed by atoms with Gasteiger partial charge in [0.15, 0.2) is 6.61 Å². The van der Waals surface area contributed by atoms with E-state index in [2.05, 4.69) is 11.1 Å². The van der Waals surface area contributed by atoms with Crippen LogP contribution in [0.15, 0.2) is 77.1 Å². The molecule has 4 aromatic rings. The number of nitriles is 1. The molecule has 0 spiro atoms. The lowest BCUT2D eigenvalue weighted by atomic mass is 9.93. The van der Waals surface area contributed by atoms with Gasteiger partial charge in [-0.1, -0.05) is 54.6 Å². The number of carboxylic acid groups (broad SMARTS) is 1. The van der Waals surface area contributed by atoms with Crippen LogP contribution in [0, 0.1) is 11.3 Å². The lowest BCUT2D eigenvalue weighted by Crippen LogP contribution is -2.15. The van der Waals surface area contributed by atoms with Gasteiger partial charge in [0.25, 0.3) is 0 Å². The second kappa shape index (κ2) is 9.57. The number of aryl methyl sites for hydroxylation is 1. The molecule has 0 amide bonds. The van der Waals surface area contributed by atoms with Crippen molar-refractivity contribution in [2.75, 3.05) is 6.61 Å². The van der Waals surface area contributed by atoms with Crippen LogP contribution in [0.1, 0.15) is 32.4 Å². The van der Waals surface area contributed by atoms with E-state index in [0.717, 1.165) is 16.0 Å². The molecule has 5 rings (SSSR count). The van der Waals surface area contributed by atoms with Crippen molar-refractivity contribution in [2.45, 2.75) is 22.4 Å². The summed E-state index contributed by atoms with van der Waals surface area (Å²) in [4.78, 5) is 16.4. The Morgan fingerprint density at radius 2 is 1.75 bits per heavy atom. The van der Waals surface area contributed by atoms with E-state index >= 15 is 0 Å². The maximum Gasteiger partial charge on any atom is 0.341 e. The summed E-state index contributed by atoms with van der Waals surface area (Å²) in [5, 5.41) is 17.2. The van der Waals surface area contributed by atoms with Gasteiger partial charge in [-0.25, -0.2) is 18.2 Å². The van der Waals surface area contributed by atoms with Crippen LogP contribution in [-0.2, 0) is 27.5 Å². The monoisotopic (exact) mass is 516 g/mol.